The summed E-state index contributed by atoms with van der Waals surface area (Å²) in [4.78, 5) is 4.09. The van der Waals surface area contributed by atoms with Crippen molar-refractivity contribution < 1.29 is 4.53 Å². The minimum atomic E-state index is -1.60. The first-order valence-electron chi connectivity index (χ1n) is 11.6. The number of hydroxylamine groups is 1. The second kappa shape index (κ2) is 18.6. The van der Waals surface area contributed by atoms with Crippen LogP contribution in [0.25, 0.3) is 5.48 Å². The number of pyridine rings is 1. The molecule has 0 aliphatic heterocycles. The Morgan fingerprint density at radius 1 is 1.07 bits per heavy atom. The van der Waals surface area contributed by atoms with Gasteiger partial charge in [0.25, 0.3) is 0 Å². The van der Waals surface area contributed by atoms with Crippen LogP contribution in [0.1, 0.15) is 77.3 Å². The molecule has 1 aromatic heterocycles. The average Bonchev–Trinajstić information content (AvgIpc) is 2.71. The third-order valence-electron chi connectivity index (χ3n) is 4.56. The van der Waals surface area contributed by atoms with Gasteiger partial charge in [0, 0.05) is 12.4 Å². The van der Waals surface area contributed by atoms with Gasteiger partial charge in [-0.15, -0.1) is 6.58 Å². The first kappa shape index (κ1) is 28.8. The fourth-order valence-corrected chi connectivity index (χ4v) is 12.7. The van der Waals surface area contributed by atoms with Crippen molar-refractivity contribution in [3.8, 4) is 0 Å². The summed E-state index contributed by atoms with van der Waals surface area (Å²) in [5.74, 6) is 0. The SMILES string of the molecule is C=CCC([N-]O[Si](C)(C)C)c1cccnc1.CCC[CH2][Sn+]([CH2]CCC)[CH2]CCC. The summed E-state index contributed by atoms with van der Waals surface area (Å²) >= 11 is -0.839. The molecule has 0 N–H and O–H groups in total. The quantitative estimate of drug-likeness (QED) is 0.130. The first-order valence-corrected chi connectivity index (χ1v) is 21.1. The van der Waals surface area contributed by atoms with E-state index in [1.807, 2.05) is 24.4 Å². The van der Waals surface area contributed by atoms with Gasteiger partial charge < -0.3 is 10.0 Å². The van der Waals surface area contributed by atoms with Gasteiger partial charge in [0.1, 0.15) is 0 Å². The van der Waals surface area contributed by atoms with Gasteiger partial charge >= 0.3 is 92.4 Å². The summed E-state index contributed by atoms with van der Waals surface area (Å²) in [6, 6.07) is 3.94. The Bertz CT molecular complexity index is 474. The Morgan fingerprint density at radius 2 is 1.62 bits per heavy atom. The van der Waals surface area contributed by atoms with Crippen LogP contribution < -0.4 is 0 Å². The molecule has 0 radical (unpaired) electrons. The van der Waals surface area contributed by atoms with E-state index in [-0.39, 0.29) is 6.04 Å². The predicted molar refractivity (Wildman–Crippen MR) is 134 cm³/mol. The van der Waals surface area contributed by atoms with Crippen molar-refractivity contribution in [2.24, 2.45) is 0 Å². The van der Waals surface area contributed by atoms with Gasteiger partial charge in [-0.2, -0.15) is 0 Å². The molecule has 29 heavy (non-hydrogen) atoms. The topological polar surface area (TPSA) is 36.2 Å². The molecule has 1 atom stereocenters. The fourth-order valence-electron chi connectivity index (χ4n) is 2.85. The second-order valence-electron chi connectivity index (χ2n) is 8.70. The number of hydrogen-bond acceptors (Lipinski definition) is 2. The Kier molecular flexibility index (Phi) is 18.5. The first-order chi connectivity index (χ1) is 13.9. The Hall–Kier alpha value is -0.174. The normalized spacial score (nSPS) is 12.1. The predicted octanol–water partition coefficient (Wildman–Crippen LogP) is 8.72. The van der Waals surface area contributed by atoms with Gasteiger partial charge in [-0.25, -0.2) is 0 Å². The molecule has 0 spiro atoms. The molecule has 0 aliphatic carbocycles. The number of unbranched alkanes of at least 4 members (excludes halogenated alkanes) is 3. The molecular formula is C24H46N2OSiSn. The molecule has 1 rings (SSSR count). The third kappa shape index (κ3) is 17.2. The maximum absolute atomic E-state index is 5.59. The molecule has 1 heterocycles. The van der Waals surface area contributed by atoms with E-state index in [4.69, 9.17) is 4.53 Å². The van der Waals surface area contributed by atoms with Crippen LogP contribution in [0.4, 0.5) is 0 Å². The van der Waals surface area contributed by atoms with Gasteiger partial charge in [-0.05, 0) is 37.7 Å². The molecular weight excluding hydrogens is 479 g/mol. The van der Waals surface area contributed by atoms with Crippen molar-refractivity contribution in [1.82, 2.24) is 4.98 Å². The number of nitrogens with zero attached hydrogens (tertiary/aromatic N) is 2. The molecule has 5 heteroatoms. The van der Waals surface area contributed by atoms with Crippen molar-refractivity contribution in [2.75, 3.05) is 0 Å². The van der Waals surface area contributed by atoms with Crippen molar-refractivity contribution >= 4 is 28.1 Å². The molecule has 0 aliphatic rings. The van der Waals surface area contributed by atoms with Crippen molar-refractivity contribution in [3.63, 3.8) is 0 Å². The molecule has 1 aromatic rings. The monoisotopic (exact) mass is 526 g/mol. The van der Waals surface area contributed by atoms with E-state index < -0.39 is 28.1 Å². The Morgan fingerprint density at radius 3 is 2.00 bits per heavy atom. The second-order valence-corrected chi connectivity index (χ2v) is 21.7. The van der Waals surface area contributed by atoms with Gasteiger partial charge in [-0.3, -0.25) is 4.98 Å². The standard InChI is InChI=1S/C12H19N2OSi.3C4H9.Sn/c1-5-7-12(14-15-16(2,3)4)11-8-6-9-13-10-11;3*1-3-4-2;/h5-6,8-10,12H,1,7H2,2-4H3;3*1,3-4H2,2H3;/q-1;;;;+1. The molecule has 0 saturated carbocycles. The summed E-state index contributed by atoms with van der Waals surface area (Å²) in [7, 11) is -1.60. The van der Waals surface area contributed by atoms with E-state index in [0.29, 0.717) is 0 Å². The summed E-state index contributed by atoms with van der Waals surface area (Å²) in [5.41, 5.74) is 5.38. The summed E-state index contributed by atoms with van der Waals surface area (Å²) in [5, 5.41) is 0. The molecule has 0 saturated heterocycles. The zero-order valence-corrected chi connectivity index (χ0v) is 23.9. The molecule has 0 amide bonds. The van der Waals surface area contributed by atoms with E-state index >= 15 is 0 Å². The fraction of sp³-hybridized carbons (Fsp3) is 0.708. The number of aromatic nitrogens is 1. The van der Waals surface area contributed by atoms with Gasteiger partial charge in [0.2, 0.25) is 0 Å². The minimum absolute atomic E-state index is 0.0120. The van der Waals surface area contributed by atoms with Gasteiger partial charge in [0.05, 0.1) is 0 Å². The van der Waals surface area contributed by atoms with Crippen LogP contribution in [-0.4, -0.2) is 33.1 Å². The average molecular weight is 525 g/mol. The van der Waals surface area contributed by atoms with Crippen LogP contribution in [0.3, 0.4) is 0 Å². The Labute approximate surface area is 190 Å². The van der Waals surface area contributed by atoms with Crippen LogP contribution in [0.15, 0.2) is 37.2 Å². The zero-order chi connectivity index (χ0) is 22.0. The number of hydrogen-bond donors (Lipinski definition) is 0. The number of rotatable bonds is 15. The van der Waals surface area contributed by atoms with Crippen LogP contribution in [0, 0.1) is 0 Å². The van der Waals surface area contributed by atoms with Crippen LogP contribution in [0.5, 0.6) is 0 Å². The zero-order valence-electron chi connectivity index (χ0n) is 20.0. The third-order valence-corrected chi connectivity index (χ3v) is 14.3. The molecule has 0 fully saturated rings. The van der Waals surface area contributed by atoms with Crippen molar-refractivity contribution in [1.29, 1.82) is 0 Å². The van der Waals surface area contributed by atoms with E-state index in [0.717, 1.165) is 12.0 Å². The van der Waals surface area contributed by atoms with Crippen molar-refractivity contribution in [2.45, 2.75) is 105 Å². The van der Waals surface area contributed by atoms with E-state index in [1.165, 1.54) is 38.5 Å². The Balaban J connectivity index is 0.000000555. The maximum atomic E-state index is 5.59. The van der Waals surface area contributed by atoms with Crippen LogP contribution >= 0.6 is 0 Å². The van der Waals surface area contributed by atoms with E-state index in [1.54, 1.807) is 19.5 Å². The molecule has 166 valence electrons. The van der Waals surface area contributed by atoms with E-state index in [2.05, 4.69) is 57.5 Å². The van der Waals surface area contributed by atoms with E-state index in [9.17, 15) is 0 Å². The molecule has 0 bridgehead atoms. The molecule has 3 nitrogen and oxygen atoms in total. The molecule has 0 aromatic carbocycles. The molecule has 1 unspecified atom stereocenters. The van der Waals surface area contributed by atoms with Crippen LogP contribution in [0.2, 0.25) is 33.0 Å². The summed E-state index contributed by atoms with van der Waals surface area (Å²) in [6.45, 7) is 17.1. The van der Waals surface area contributed by atoms with Crippen LogP contribution in [-0.2, 0) is 4.53 Å². The summed E-state index contributed by atoms with van der Waals surface area (Å²) in [6.07, 6.45) is 15.1. The van der Waals surface area contributed by atoms with Gasteiger partial charge in [-0.1, -0.05) is 18.2 Å². The van der Waals surface area contributed by atoms with Gasteiger partial charge in [0.15, 0.2) is 8.32 Å². The van der Waals surface area contributed by atoms with Crippen molar-refractivity contribution in [3.05, 3.63) is 48.2 Å². The summed E-state index contributed by atoms with van der Waals surface area (Å²) < 4.78 is 10.6.